The molecule has 178 valence electrons. The lowest BCUT2D eigenvalue weighted by Gasteiger charge is -2.30. The van der Waals surface area contributed by atoms with Gasteiger partial charge in [0.25, 0.3) is 11.5 Å². The number of hydrogen-bond acceptors (Lipinski definition) is 5. The third-order valence-electron chi connectivity index (χ3n) is 6.57. The molecule has 1 saturated carbocycles. The highest BCUT2D eigenvalue weighted by Gasteiger charge is 2.43. The molecule has 0 bridgehead atoms. The van der Waals surface area contributed by atoms with E-state index in [1.807, 2.05) is 19.9 Å². The Hall–Kier alpha value is -3.03. The molecule has 0 radical (unpaired) electrons. The number of amides is 2. The van der Waals surface area contributed by atoms with Crippen LogP contribution in [0.2, 0.25) is 0 Å². The average molecular weight is 456 g/mol. The van der Waals surface area contributed by atoms with Gasteiger partial charge in [0.2, 0.25) is 5.91 Å². The lowest BCUT2D eigenvalue weighted by Crippen LogP contribution is -2.58. The Bertz CT molecular complexity index is 1120. The van der Waals surface area contributed by atoms with Gasteiger partial charge in [0.15, 0.2) is 11.5 Å². The fraction of sp³-hybridized carbons (Fsp3) is 0.560. The van der Waals surface area contributed by atoms with Crippen molar-refractivity contribution in [3.63, 3.8) is 0 Å². The number of carbonyl (C=O) groups excluding carboxylic acids is 2. The van der Waals surface area contributed by atoms with Crippen LogP contribution >= 0.6 is 0 Å². The average Bonchev–Trinajstić information content (AvgIpc) is 3.29. The summed E-state index contributed by atoms with van der Waals surface area (Å²) in [6.07, 6.45) is 5.44. The van der Waals surface area contributed by atoms with Crippen LogP contribution in [0.15, 0.2) is 23.0 Å². The number of rotatable bonds is 5. The molecule has 2 aromatic rings. The number of benzene rings is 1. The van der Waals surface area contributed by atoms with Gasteiger partial charge in [-0.1, -0.05) is 12.8 Å². The van der Waals surface area contributed by atoms with Crippen molar-refractivity contribution in [2.24, 2.45) is 0 Å². The highest BCUT2D eigenvalue weighted by Crippen LogP contribution is 2.36. The molecule has 33 heavy (non-hydrogen) atoms. The van der Waals surface area contributed by atoms with Crippen LogP contribution in [0.25, 0.3) is 10.9 Å². The zero-order valence-electron chi connectivity index (χ0n) is 19.7. The second-order valence-electron chi connectivity index (χ2n) is 9.33. The smallest absolute Gasteiger partial charge is 0.264 e. The van der Waals surface area contributed by atoms with Gasteiger partial charge in [0.05, 0.1) is 19.2 Å². The van der Waals surface area contributed by atoms with Crippen molar-refractivity contribution in [3.8, 4) is 11.5 Å². The number of ether oxygens (including phenoxy) is 2. The minimum absolute atomic E-state index is 0.0346. The molecule has 2 N–H and O–H groups in total. The topological polar surface area (TPSA) is 98.7 Å². The van der Waals surface area contributed by atoms with Crippen molar-refractivity contribution in [3.05, 3.63) is 34.1 Å². The Morgan fingerprint density at radius 3 is 2.58 bits per heavy atom. The Labute approximate surface area is 193 Å². The molecule has 0 unspecified atom stereocenters. The van der Waals surface area contributed by atoms with E-state index in [9.17, 15) is 14.4 Å². The lowest BCUT2D eigenvalue weighted by atomic mass is 9.95. The van der Waals surface area contributed by atoms with E-state index in [1.54, 1.807) is 23.8 Å². The van der Waals surface area contributed by atoms with Crippen molar-refractivity contribution in [2.75, 3.05) is 13.7 Å². The summed E-state index contributed by atoms with van der Waals surface area (Å²) in [5.74, 6) is 0.398. The summed E-state index contributed by atoms with van der Waals surface area (Å²) in [6.45, 7) is 4.81. The van der Waals surface area contributed by atoms with E-state index in [0.717, 1.165) is 37.5 Å². The predicted octanol–water partition coefficient (Wildman–Crippen LogP) is 3.14. The maximum Gasteiger partial charge on any atom is 0.264 e. The largest absolute Gasteiger partial charge is 0.493 e. The molecule has 2 aliphatic rings. The molecule has 2 heterocycles. The third-order valence-corrected chi connectivity index (χ3v) is 6.57. The molecule has 1 aromatic heterocycles. The quantitative estimate of drug-likeness (QED) is 0.722. The first-order valence-electron chi connectivity index (χ1n) is 11.9. The number of carbonyl (C=O) groups is 2. The number of aryl methyl sites for hydroxylation is 1. The van der Waals surface area contributed by atoms with Gasteiger partial charge >= 0.3 is 0 Å². The van der Waals surface area contributed by atoms with Crippen molar-refractivity contribution in [1.29, 1.82) is 0 Å². The minimum Gasteiger partial charge on any atom is -0.493 e. The molecule has 0 saturated heterocycles. The van der Waals surface area contributed by atoms with Crippen LogP contribution in [0.1, 0.15) is 69.2 Å². The first-order chi connectivity index (χ1) is 15.9. The standard InChI is InChI=1S/C25H33N3O5/c1-16(2)26-24(31)25(11-5-6-12-25)27-22(29)18-15-17-9-10-19(32-3)21-20(17)28(23(18)30)13-7-4-8-14-33-21/h9-10,15-16H,4-8,11-14H2,1-3H3,(H,26,31)(H,27,29). The lowest BCUT2D eigenvalue weighted by molar-refractivity contribution is -0.127. The van der Waals surface area contributed by atoms with Crippen LogP contribution in [-0.4, -0.2) is 41.7 Å². The fourth-order valence-electron chi connectivity index (χ4n) is 4.90. The highest BCUT2D eigenvalue weighted by molar-refractivity contribution is 6.02. The molecule has 8 nitrogen and oxygen atoms in total. The van der Waals surface area contributed by atoms with Crippen molar-refractivity contribution >= 4 is 22.7 Å². The summed E-state index contributed by atoms with van der Waals surface area (Å²) >= 11 is 0. The molecule has 2 amide bonds. The summed E-state index contributed by atoms with van der Waals surface area (Å²) in [6, 6.07) is 5.20. The Morgan fingerprint density at radius 1 is 1.12 bits per heavy atom. The van der Waals surface area contributed by atoms with Crippen LogP contribution in [-0.2, 0) is 11.3 Å². The van der Waals surface area contributed by atoms with Crippen LogP contribution in [0.5, 0.6) is 11.5 Å². The third kappa shape index (κ3) is 4.43. The van der Waals surface area contributed by atoms with Gasteiger partial charge in [-0.05, 0) is 64.2 Å². The first-order valence-corrected chi connectivity index (χ1v) is 11.9. The van der Waals surface area contributed by atoms with E-state index in [-0.39, 0.29) is 23.1 Å². The van der Waals surface area contributed by atoms with E-state index < -0.39 is 11.4 Å². The van der Waals surface area contributed by atoms with E-state index in [0.29, 0.717) is 43.0 Å². The zero-order valence-corrected chi connectivity index (χ0v) is 19.7. The summed E-state index contributed by atoms with van der Waals surface area (Å²) in [7, 11) is 1.57. The number of aromatic nitrogens is 1. The summed E-state index contributed by atoms with van der Waals surface area (Å²) < 4.78 is 13.1. The molecule has 1 aliphatic heterocycles. The molecule has 0 atom stereocenters. The normalized spacial score (nSPS) is 17.6. The van der Waals surface area contributed by atoms with Crippen LogP contribution in [0, 0.1) is 0 Å². The SMILES string of the molecule is COc1ccc2cc(C(=O)NC3(C(=O)NC(C)C)CCCC3)c(=O)n3c2c1OCCCCC3. The second kappa shape index (κ2) is 9.45. The van der Waals surface area contributed by atoms with E-state index in [2.05, 4.69) is 10.6 Å². The Kier molecular flexibility index (Phi) is 6.63. The van der Waals surface area contributed by atoms with E-state index >= 15 is 0 Å². The molecule has 0 spiro atoms. The molecule has 8 heteroatoms. The highest BCUT2D eigenvalue weighted by atomic mass is 16.5. The number of nitrogens with zero attached hydrogens (tertiary/aromatic N) is 1. The van der Waals surface area contributed by atoms with E-state index in [1.165, 1.54) is 0 Å². The second-order valence-corrected chi connectivity index (χ2v) is 9.33. The molecule has 1 fully saturated rings. The number of nitrogens with one attached hydrogen (secondary N) is 2. The van der Waals surface area contributed by atoms with Gasteiger partial charge in [-0.15, -0.1) is 0 Å². The molecular formula is C25H33N3O5. The maximum atomic E-state index is 13.5. The van der Waals surface area contributed by atoms with Crippen LogP contribution < -0.4 is 25.7 Å². The first kappa shape index (κ1) is 23.1. The Morgan fingerprint density at radius 2 is 1.88 bits per heavy atom. The number of methoxy groups -OCH3 is 1. The van der Waals surface area contributed by atoms with Gasteiger partial charge in [-0.25, -0.2) is 0 Å². The van der Waals surface area contributed by atoms with Crippen molar-refractivity contribution in [1.82, 2.24) is 15.2 Å². The number of hydrogen-bond donors (Lipinski definition) is 2. The van der Waals surface area contributed by atoms with Gasteiger partial charge in [0, 0.05) is 18.0 Å². The van der Waals surface area contributed by atoms with Crippen molar-refractivity contribution < 1.29 is 19.1 Å². The molecule has 1 aliphatic carbocycles. The summed E-state index contributed by atoms with van der Waals surface area (Å²) in [5, 5.41) is 6.61. The predicted molar refractivity (Wildman–Crippen MR) is 126 cm³/mol. The van der Waals surface area contributed by atoms with Crippen LogP contribution in [0.4, 0.5) is 0 Å². The van der Waals surface area contributed by atoms with Crippen LogP contribution in [0.3, 0.4) is 0 Å². The number of pyridine rings is 1. The zero-order chi connectivity index (χ0) is 23.6. The molecule has 1 aromatic carbocycles. The molecule has 4 rings (SSSR count). The monoisotopic (exact) mass is 455 g/mol. The summed E-state index contributed by atoms with van der Waals surface area (Å²) in [4.78, 5) is 39.9. The van der Waals surface area contributed by atoms with Gasteiger partial charge in [-0.2, -0.15) is 0 Å². The van der Waals surface area contributed by atoms with Gasteiger partial charge in [0.1, 0.15) is 11.1 Å². The summed E-state index contributed by atoms with van der Waals surface area (Å²) in [5.41, 5.74) is -0.671. The van der Waals surface area contributed by atoms with Gasteiger partial charge < -0.3 is 24.7 Å². The van der Waals surface area contributed by atoms with E-state index in [4.69, 9.17) is 9.47 Å². The molecular weight excluding hydrogens is 422 g/mol. The Balaban J connectivity index is 1.78. The van der Waals surface area contributed by atoms with Gasteiger partial charge in [-0.3, -0.25) is 14.4 Å². The maximum absolute atomic E-state index is 13.5. The van der Waals surface area contributed by atoms with Crippen molar-refractivity contribution in [2.45, 2.75) is 76.9 Å². The minimum atomic E-state index is -0.981. The fourth-order valence-corrected chi connectivity index (χ4v) is 4.90.